The fourth-order valence-corrected chi connectivity index (χ4v) is 3.76. The van der Waals surface area contributed by atoms with Crippen LogP contribution in [-0.4, -0.2) is 33.1 Å². The Morgan fingerprint density at radius 2 is 1.95 bits per heavy atom. The van der Waals surface area contributed by atoms with Crippen molar-refractivity contribution in [1.29, 1.82) is 0 Å². The summed E-state index contributed by atoms with van der Waals surface area (Å²) in [6.07, 6.45) is 3.26. The SMILES string of the molecule is O=S(=O)(CCCCCl)Nc1ccc(N2CCCC2)c(F)c1. The highest BCUT2D eigenvalue weighted by atomic mass is 35.5. The van der Waals surface area contributed by atoms with Gasteiger partial charge < -0.3 is 4.90 Å². The molecule has 0 aromatic heterocycles. The number of anilines is 2. The van der Waals surface area contributed by atoms with Crippen LogP contribution in [-0.2, 0) is 10.0 Å². The molecule has 118 valence electrons. The molecule has 7 heteroatoms. The van der Waals surface area contributed by atoms with Crippen molar-refractivity contribution in [2.75, 3.05) is 34.3 Å². The Morgan fingerprint density at radius 1 is 1.24 bits per heavy atom. The van der Waals surface area contributed by atoms with Crippen molar-refractivity contribution in [3.8, 4) is 0 Å². The molecule has 1 fully saturated rings. The normalized spacial score (nSPS) is 15.4. The van der Waals surface area contributed by atoms with Crippen LogP contribution in [0.15, 0.2) is 18.2 Å². The zero-order chi connectivity index (χ0) is 15.3. The molecule has 0 amide bonds. The lowest BCUT2D eigenvalue weighted by atomic mass is 10.2. The minimum atomic E-state index is -3.44. The van der Waals surface area contributed by atoms with Crippen LogP contribution in [0.4, 0.5) is 15.8 Å². The van der Waals surface area contributed by atoms with E-state index in [2.05, 4.69) is 4.72 Å². The van der Waals surface area contributed by atoms with Crippen molar-refractivity contribution >= 4 is 33.0 Å². The predicted molar refractivity (Wildman–Crippen MR) is 85.2 cm³/mol. The molecule has 0 spiro atoms. The van der Waals surface area contributed by atoms with Crippen LogP contribution in [0.1, 0.15) is 25.7 Å². The summed E-state index contributed by atoms with van der Waals surface area (Å²) >= 11 is 5.52. The van der Waals surface area contributed by atoms with Gasteiger partial charge in [-0.25, -0.2) is 12.8 Å². The molecule has 0 atom stereocenters. The maximum atomic E-state index is 14.1. The molecule has 1 aromatic carbocycles. The molecule has 1 heterocycles. The van der Waals surface area contributed by atoms with Crippen LogP contribution in [0.2, 0.25) is 0 Å². The first-order valence-corrected chi connectivity index (χ1v) is 9.31. The number of nitrogens with zero attached hydrogens (tertiary/aromatic N) is 1. The zero-order valence-corrected chi connectivity index (χ0v) is 13.4. The van der Waals surface area contributed by atoms with Gasteiger partial charge in [0.2, 0.25) is 10.0 Å². The van der Waals surface area contributed by atoms with Crippen molar-refractivity contribution in [3.63, 3.8) is 0 Å². The van der Waals surface area contributed by atoms with E-state index in [4.69, 9.17) is 11.6 Å². The number of hydrogen-bond donors (Lipinski definition) is 1. The van der Waals surface area contributed by atoms with Crippen molar-refractivity contribution in [3.05, 3.63) is 24.0 Å². The summed E-state index contributed by atoms with van der Waals surface area (Å²) in [5, 5.41) is 0. The minimum absolute atomic E-state index is 0.00475. The van der Waals surface area contributed by atoms with E-state index in [1.54, 1.807) is 12.1 Å². The molecule has 4 nitrogen and oxygen atoms in total. The molecule has 1 aliphatic heterocycles. The van der Waals surface area contributed by atoms with E-state index in [0.29, 0.717) is 24.4 Å². The second kappa shape index (κ2) is 7.31. The Balaban J connectivity index is 2.02. The van der Waals surface area contributed by atoms with Gasteiger partial charge in [-0.3, -0.25) is 4.72 Å². The van der Waals surface area contributed by atoms with E-state index in [1.165, 1.54) is 6.07 Å². The summed E-state index contributed by atoms with van der Waals surface area (Å²) in [6.45, 7) is 1.70. The summed E-state index contributed by atoms with van der Waals surface area (Å²) < 4.78 is 40.2. The third-order valence-electron chi connectivity index (χ3n) is 3.46. The molecule has 0 radical (unpaired) electrons. The van der Waals surface area contributed by atoms with Crippen molar-refractivity contribution in [2.45, 2.75) is 25.7 Å². The predicted octanol–water partition coefficient (Wildman–Crippen LogP) is 3.19. The first-order chi connectivity index (χ1) is 10.0. The van der Waals surface area contributed by atoms with Crippen molar-refractivity contribution in [1.82, 2.24) is 0 Å². The van der Waals surface area contributed by atoms with Gasteiger partial charge in [0.1, 0.15) is 5.82 Å². The van der Waals surface area contributed by atoms with E-state index < -0.39 is 15.8 Å². The fraction of sp³-hybridized carbons (Fsp3) is 0.571. The summed E-state index contributed by atoms with van der Waals surface area (Å²) in [7, 11) is -3.44. The van der Waals surface area contributed by atoms with E-state index in [0.717, 1.165) is 25.9 Å². The van der Waals surface area contributed by atoms with Gasteiger partial charge in [0, 0.05) is 25.0 Å². The molecule has 1 saturated heterocycles. The Hall–Kier alpha value is -1.01. The second-order valence-electron chi connectivity index (χ2n) is 5.18. The quantitative estimate of drug-likeness (QED) is 0.615. The first kappa shape index (κ1) is 16.4. The lowest BCUT2D eigenvalue weighted by Gasteiger charge is -2.19. The smallest absolute Gasteiger partial charge is 0.232 e. The minimum Gasteiger partial charge on any atom is -0.369 e. The Labute approximate surface area is 130 Å². The largest absolute Gasteiger partial charge is 0.369 e. The number of hydrogen-bond acceptors (Lipinski definition) is 3. The van der Waals surface area contributed by atoms with Gasteiger partial charge in [-0.2, -0.15) is 0 Å². The van der Waals surface area contributed by atoms with E-state index in [-0.39, 0.29) is 11.4 Å². The standard InChI is InChI=1S/C14H20ClFN2O2S/c15-7-1-4-10-21(19,20)17-12-5-6-14(13(16)11-12)18-8-2-3-9-18/h5-6,11,17H,1-4,7-10H2. The van der Waals surface area contributed by atoms with Gasteiger partial charge in [0.25, 0.3) is 0 Å². The fourth-order valence-electron chi connectivity index (χ4n) is 2.40. The lowest BCUT2D eigenvalue weighted by Crippen LogP contribution is -2.20. The summed E-state index contributed by atoms with van der Waals surface area (Å²) in [6, 6.07) is 4.49. The molecule has 0 aliphatic carbocycles. The lowest BCUT2D eigenvalue weighted by molar-refractivity contribution is 0.598. The van der Waals surface area contributed by atoms with Gasteiger partial charge in [-0.05, 0) is 37.8 Å². The van der Waals surface area contributed by atoms with Gasteiger partial charge in [-0.1, -0.05) is 0 Å². The molecule has 1 N–H and O–H groups in total. The molecule has 2 rings (SSSR count). The van der Waals surface area contributed by atoms with E-state index in [9.17, 15) is 12.8 Å². The van der Waals surface area contributed by atoms with E-state index >= 15 is 0 Å². The average Bonchev–Trinajstić information content (AvgIpc) is 2.92. The number of unbranched alkanes of at least 4 members (excludes halogenated alkanes) is 1. The van der Waals surface area contributed by atoms with Crippen LogP contribution in [0.25, 0.3) is 0 Å². The highest BCUT2D eigenvalue weighted by molar-refractivity contribution is 7.92. The molecule has 1 aliphatic rings. The van der Waals surface area contributed by atoms with Crippen LogP contribution >= 0.6 is 11.6 Å². The number of halogens is 2. The molecule has 0 unspecified atom stereocenters. The van der Waals surface area contributed by atoms with Crippen molar-refractivity contribution in [2.24, 2.45) is 0 Å². The molecule has 0 bridgehead atoms. The number of benzene rings is 1. The van der Waals surface area contributed by atoms with E-state index in [1.807, 2.05) is 4.90 Å². The third-order valence-corrected chi connectivity index (χ3v) is 5.10. The number of sulfonamides is 1. The molecule has 21 heavy (non-hydrogen) atoms. The van der Waals surface area contributed by atoms with Crippen molar-refractivity contribution < 1.29 is 12.8 Å². The molecule has 0 saturated carbocycles. The Morgan fingerprint density at radius 3 is 2.57 bits per heavy atom. The summed E-state index contributed by atoms with van der Waals surface area (Å²) in [5.74, 6) is 0.0435. The highest BCUT2D eigenvalue weighted by Gasteiger charge is 2.17. The highest BCUT2D eigenvalue weighted by Crippen LogP contribution is 2.26. The van der Waals surface area contributed by atoms with Gasteiger partial charge >= 0.3 is 0 Å². The van der Waals surface area contributed by atoms with Crippen LogP contribution in [0, 0.1) is 5.82 Å². The summed E-state index contributed by atoms with van der Waals surface area (Å²) in [4.78, 5) is 1.98. The maximum Gasteiger partial charge on any atom is 0.232 e. The van der Waals surface area contributed by atoms with Gasteiger partial charge in [-0.15, -0.1) is 11.6 Å². The monoisotopic (exact) mass is 334 g/mol. The average molecular weight is 335 g/mol. The van der Waals surface area contributed by atoms with Crippen LogP contribution in [0.5, 0.6) is 0 Å². The van der Waals surface area contributed by atoms with Gasteiger partial charge in [0.15, 0.2) is 0 Å². The number of alkyl halides is 1. The van der Waals surface area contributed by atoms with Crippen LogP contribution < -0.4 is 9.62 Å². The zero-order valence-electron chi connectivity index (χ0n) is 11.8. The molecule has 1 aromatic rings. The second-order valence-corrected chi connectivity index (χ2v) is 7.40. The molecular formula is C14H20ClFN2O2S. The molecular weight excluding hydrogens is 315 g/mol. The summed E-state index contributed by atoms with van der Waals surface area (Å²) in [5.41, 5.74) is 0.805. The topological polar surface area (TPSA) is 49.4 Å². The first-order valence-electron chi connectivity index (χ1n) is 7.13. The maximum absolute atomic E-state index is 14.1. The van der Waals surface area contributed by atoms with Crippen LogP contribution in [0.3, 0.4) is 0 Å². The number of nitrogens with one attached hydrogen (secondary N) is 1. The Kier molecular flexibility index (Phi) is 5.70. The third kappa shape index (κ3) is 4.74. The van der Waals surface area contributed by atoms with Gasteiger partial charge in [0.05, 0.1) is 17.1 Å². The Bertz CT molecular complexity index is 574. The number of rotatable bonds is 7.